The van der Waals surface area contributed by atoms with Gasteiger partial charge in [-0.1, -0.05) is 18.5 Å². The zero-order chi connectivity index (χ0) is 17.3. The van der Waals surface area contributed by atoms with Gasteiger partial charge in [0, 0.05) is 31.5 Å². The summed E-state index contributed by atoms with van der Waals surface area (Å²) in [4.78, 5) is 13.8. The van der Waals surface area contributed by atoms with Crippen molar-refractivity contribution in [3.8, 4) is 0 Å². The molecule has 2 fully saturated rings. The van der Waals surface area contributed by atoms with Crippen LogP contribution in [0, 0.1) is 11.3 Å². The predicted molar refractivity (Wildman–Crippen MR) is 87.6 cm³/mol. The Kier molecular flexibility index (Phi) is 5.48. The minimum Gasteiger partial charge on any atom is -0.338 e. The van der Waals surface area contributed by atoms with E-state index in [-0.39, 0.29) is 17.7 Å². The lowest BCUT2D eigenvalue weighted by Gasteiger charge is -2.32. The van der Waals surface area contributed by atoms with Gasteiger partial charge in [-0.3, -0.25) is 0 Å². The number of hydrogen-bond acceptors (Lipinski definition) is 3. The largest absolute Gasteiger partial charge is 0.338 e. The van der Waals surface area contributed by atoms with Crippen molar-refractivity contribution in [3.05, 3.63) is 0 Å². The molecule has 0 bridgehead atoms. The molecule has 0 radical (unpaired) electrons. The van der Waals surface area contributed by atoms with E-state index in [1.807, 2.05) is 0 Å². The van der Waals surface area contributed by atoms with Crippen molar-refractivity contribution in [2.45, 2.75) is 37.7 Å². The molecule has 1 saturated carbocycles. The van der Waals surface area contributed by atoms with Crippen LogP contribution in [-0.2, 0) is 10.0 Å². The molecular formula is C14H25ClFN3O3S. The molecule has 1 aliphatic carbocycles. The number of hydrogen-bond donors (Lipinski definition) is 2. The number of likely N-dealkylation sites (tertiary alicyclic amines) is 1. The number of halogens is 2. The maximum atomic E-state index is 13.5. The van der Waals surface area contributed by atoms with Crippen molar-refractivity contribution in [1.82, 2.24) is 14.9 Å². The maximum absolute atomic E-state index is 13.5. The number of piperidine rings is 1. The maximum Gasteiger partial charge on any atom is 0.317 e. The second kappa shape index (κ2) is 6.72. The van der Waals surface area contributed by atoms with Crippen LogP contribution in [0.15, 0.2) is 0 Å². The molecule has 3 unspecified atom stereocenters. The van der Waals surface area contributed by atoms with Crippen LogP contribution in [0.2, 0.25) is 0 Å². The van der Waals surface area contributed by atoms with E-state index in [2.05, 4.69) is 10.0 Å². The lowest BCUT2D eigenvalue weighted by Crippen LogP contribution is -2.47. The molecule has 2 amide bonds. The molecule has 23 heavy (non-hydrogen) atoms. The Hall–Kier alpha value is -0.600. The first kappa shape index (κ1) is 18.7. The van der Waals surface area contributed by atoms with Gasteiger partial charge >= 0.3 is 6.03 Å². The van der Waals surface area contributed by atoms with E-state index in [4.69, 9.17) is 11.6 Å². The Labute approximate surface area is 142 Å². The number of nitrogens with zero attached hydrogens (tertiary/aromatic N) is 1. The molecule has 1 saturated heterocycles. The second-order valence-corrected chi connectivity index (χ2v) is 9.43. The molecule has 134 valence electrons. The quantitative estimate of drug-likeness (QED) is 0.699. The lowest BCUT2D eigenvalue weighted by atomic mass is 10.0. The van der Waals surface area contributed by atoms with Gasteiger partial charge in [0.2, 0.25) is 10.0 Å². The first-order valence-corrected chi connectivity index (χ1v) is 9.93. The minimum atomic E-state index is -3.27. The number of carbonyl (C=O) groups excluding carboxylic acids is 1. The molecule has 0 spiro atoms. The van der Waals surface area contributed by atoms with Crippen molar-refractivity contribution in [2.24, 2.45) is 11.3 Å². The van der Waals surface area contributed by atoms with Crippen LogP contribution in [-0.4, -0.2) is 56.9 Å². The van der Waals surface area contributed by atoms with Crippen LogP contribution < -0.4 is 10.0 Å². The molecule has 0 aromatic rings. The van der Waals surface area contributed by atoms with E-state index in [1.165, 1.54) is 7.05 Å². The molecule has 0 aromatic heterocycles. The summed E-state index contributed by atoms with van der Waals surface area (Å²) < 4.78 is 39.1. The Balaban J connectivity index is 1.76. The van der Waals surface area contributed by atoms with Crippen molar-refractivity contribution in [3.63, 3.8) is 0 Å². The van der Waals surface area contributed by atoms with Gasteiger partial charge in [-0.05, 0) is 32.2 Å². The Bertz CT molecular complexity index is 557. The van der Waals surface area contributed by atoms with Gasteiger partial charge in [0.15, 0.2) is 5.13 Å². The molecule has 9 heteroatoms. The highest BCUT2D eigenvalue weighted by Gasteiger charge is 2.64. The Morgan fingerprint density at radius 3 is 2.70 bits per heavy atom. The van der Waals surface area contributed by atoms with Gasteiger partial charge in [-0.25, -0.2) is 22.3 Å². The standard InChI is InChI=1S/C14H25ClFN3O3S/c1-13(10-14(13,15)16)5-6-18-12(20)19-7-3-4-11(8-19)9-23(21,22)17-2/h11,17H,3-10H2,1-2H3,(H,18,20). The predicted octanol–water partition coefficient (Wildman–Crippen LogP) is 1.66. The van der Waals surface area contributed by atoms with Gasteiger partial charge < -0.3 is 10.2 Å². The summed E-state index contributed by atoms with van der Waals surface area (Å²) in [6, 6.07) is -0.222. The van der Waals surface area contributed by atoms with Crippen molar-refractivity contribution < 1.29 is 17.6 Å². The molecule has 6 nitrogen and oxygen atoms in total. The van der Waals surface area contributed by atoms with Crippen LogP contribution >= 0.6 is 11.6 Å². The average molecular weight is 370 g/mol. The summed E-state index contributed by atoms with van der Waals surface area (Å²) in [6.07, 6.45) is 2.37. The smallest absolute Gasteiger partial charge is 0.317 e. The number of nitrogens with one attached hydrogen (secondary N) is 2. The third-order valence-corrected chi connectivity index (χ3v) is 7.02. The molecule has 3 atom stereocenters. The first-order valence-electron chi connectivity index (χ1n) is 7.90. The summed E-state index contributed by atoms with van der Waals surface area (Å²) in [7, 11) is -1.88. The lowest BCUT2D eigenvalue weighted by molar-refractivity contribution is 0.169. The van der Waals surface area contributed by atoms with Crippen molar-refractivity contribution >= 4 is 27.7 Å². The average Bonchev–Trinajstić information content (AvgIpc) is 2.97. The highest BCUT2D eigenvalue weighted by Crippen LogP contribution is 2.63. The van der Waals surface area contributed by atoms with Gasteiger partial charge in [0.25, 0.3) is 0 Å². The topological polar surface area (TPSA) is 78.5 Å². The van der Waals surface area contributed by atoms with Gasteiger partial charge in [-0.2, -0.15) is 0 Å². The zero-order valence-electron chi connectivity index (χ0n) is 13.6. The Morgan fingerprint density at radius 1 is 1.48 bits per heavy atom. The fraction of sp³-hybridized carbons (Fsp3) is 0.929. The van der Waals surface area contributed by atoms with Gasteiger partial charge in [0.05, 0.1) is 5.75 Å². The Morgan fingerprint density at radius 2 is 2.13 bits per heavy atom. The highest BCUT2D eigenvalue weighted by atomic mass is 35.5. The minimum absolute atomic E-state index is 0.0297. The van der Waals surface area contributed by atoms with Gasteiger partial charge in [-0.15, -0.1) is 0 Å². The molecule has 0 aromatic carbocycles. The summed E-state index contributed by atoms with van der Waals surface area (Å²) >= 11 is 5.65. The number of urea groups is 1. The van der Waals surface area contributed by atoms with Crippen molar-refractivity contribution in [2.75, 3.05) is 32.4 Å². The highest BCUT2D eigenvalue weighted by molar-refractivity contribution is 7.89. The van der Waals surface area contributed by atoms with E-state index in [0.717, 1.165) is 12.8 Å². The summed E-state index contributed by atoms with van der Waals surface area (Å²) in [5.74, 6) is -0.0312. The fourth-order valence-electron chi connectivity index (χ4n) is 3.05. The van der Waals surface area contributed by atoms with Crippen molar-refractivity contribution in [1.29, 1.82) is 0 Å². The molecule has 2 aliphatic rings. The summed E-state index contributed by atoms with van der Waals surface area (Å²) in [5, 5.41) is 1.14. The number of amides is 2. The summed E-state index contributed by atoms with van der Waals surface area (Å²) in [5.41, 5.74) is -0.562. The molecule has 2 rings (SSSR count). The number of sulfonamides is 1. The molecule has 1 aliphatic heterocycles. The van der Waals surface area contributed by atoms with E-state index < -0.39 is 20.6 Å². The molecule has 1 heterocycles. The number of alkyl halides is 2. The van der Waals surface area contributed by atoms with Crippen LogP contribution in [0.3, 0.4) is 0 Å². The van der Waals surface area contributed by atoms with E-state index >= 15 is 0 Å². The first-order chi connectivity index (χ1) is 10.6. The number of rotatable bonds is 6. The van der Waals surface area contributed by atoms with Crippen LogP contribution in [0.25, 0.3) is 0 Å². The zero-order valence-corrected chi connectivity index (χ0v) is 15.1. The monoisotopic (exact) mass is 369 g/mol. The third-order valence-electron chi connectivity index (χ3n) is 4.90. The normalized spacial score (nSPS) is 34.3. The van der Waals surface area contributed by atoms with Crippen LogP contribution in [0.1, 0.15) is 32.6 Å². The van der Waals surface area contributed by atoms with Crippen LogP contribution in [0.4, 0.5) is 9.18 Å². The molecular weight excluding hydrogens is 345 g/mol. The van der Waals surface area contributed by atoms with E-state index in [9.17, 15) is 17.6 Å². The van der Waals surface area contributed by atoms with E-state index in [1.54, 1.807) is 11.8 Å². The third kappa shape index (κ3) is 4.70. The summed E-state index contributed by atoms with van der Waals surface area (Å²) in [6.45, 7) is 3.17. The van der Waals surface area contributed by atoms with Gasteiger partial charge in [0.1, 0.15) is 0 Å². The SMILES string of the molecule is CNS(=O)(=O)CC1CCCN(C(=O)NCCC2(C)CC2(F)Cl)C1. The fourth-order valence-corrected chi connectivity index (χ4v) is 4.50. The van der Waals surface area contributed by atoms with Crippen LogP contribution in [0.5, 0.6) is 0 Å². The number of carbonyl (C=O) groups is 1. The molecule has 2 N–H and O–H groups in total. The second-order valence-electron chi connectivity index (χ2n) is 6.86. The van der Waals surface area contributed by atoms with E-state index in [0.29, 0.717) is 32.5 Å².